The number of methoxy groups -OCH3 is 1. The smallest absolute Gasteiger partial charge is 0.409 e. The number of aromatic nitrogens is 1. The Morgan fingerprint density at radius 1 is 1.12 bits per heavy atom. The summed E-state index contributed by atoms with van der Waals surface area (Å²) in [7, 11) is -0.938. The molecule has 0 radical (unpaired) electrons. The lowest BCUT2D eigenvalue weighted by atomic mass is 10.2. The lowest BCUT2D eigenvalue weighted by Gasteiger charge is -2.24. The molecule has 0 unspecified atom stereocenters. The van der Waals surface area contributed by atoms with Gasteiger partial charge >= 0.3 is 6.09 Å². The van der Waals surface area contributed by atoms with Crippen LogP contribution in [-0.2, 0) is 27.7 Å². The maximum atomic E-state index is 12.9. The van der Waals surface area contributed by atoms with E-state index in [2.05, 4.69) is 10.3 Å². The first-order valence-corrected chi connectivity index (χ1v) is 12.3. The molecule has 3 aromatic rings. The average molecular weight is 487 g/mol. The molecule has 4 rings (SSSR count). The van der Waals surface area contributed by atoms with Crippen LogP contribution in [0, 0.1) is 0 Å². The molecule has 0 spiro atoms. The van der Waals surface area contributed by atoms with Gasteiger partial charge in [0, 0.05) is 30.5 Å². The Bertz CT molecular complexity index is 1270. The fourth-order valence-corrected chi connectivity index (χ4v) is 5.63. The summed E-state index contributed by atoms with van der Waals surface area (Å²) in [5.74, 6) is -0.397. The number of ether oxygens (including phenoxy) is 1. The number of thiazole rings is 1. The second-order valence-corrected chi connectivity index (χ2v) is 10.4. The van der Waals surface area contributed by atoms with Crippen LogP contribution in [0.1, 0.15) is 20.9 Å². The molecule has 1 N–H and O–H groups in total. The van der Waals surface area contributed by atoms with E-state index >= 15 is 0 Å². The van der Waals surface area contributed by atoms with Crippen molar-refractivity contribution in [2.24, 2.45) is 0 Å². The molecule has 0 bridgehead atoms. The lowest BCUT2D eigenvalue weighted by molar-refractivity contribution is 0.102. The van der Waals surface area contributed by atoms with E-state index in [0.29, 0.717) is 35.9 Å². The molecule has 9 nitrogen and oxygen atoms in total. The third-order valence-electron chi connectivity index (χ3n) is 5.28. The van der Waals surface area contributed by atoms with Crippen LogP contribution < -0.4 is 9.62 Å². The van der Waals surface area contributed by atoms with Crippen molar-refractivity contribution in [3.05, 3.63) is 70.7 Å². The van der Waals surface area contributed by atoms with Gasteiger partial charge in [0.05, 0.1) is 29.9 Å². The molecule has 1 aromatic heterocycles. The normalized spacial score (nSPS) is 13.2. The molecule has 1 aliphatic rings. The summed E-state index contributed by atoms with van der Waals surface area (Å²) in [4.78, 5) is 31.4. The van der Waals surface area contributed by atoms with Crippen LogP contribution in [0.15, 0.2) is 59.5 Å². The Balaban J connectivity index is 1.45. The van der Waals surface area contributed by atoms with Crippen LogP contribution >= 0.6 is 11.3 Å². The van der Waals surface area contributed by atoms with Crippen LogP contribution in [0.2, 0.25) is 0 Å². The Morgan fingerprint density at radius 3 is 2.48 bits per heavy atom. The molecule has 2 aromatic carbocycles. The van der Waals surface area contributed by atoms with Gasteiger partial charge in [-0.25, -0.2) is 18.2 Å². The molecule has 1 aliphatic heterocycles. The topological polar surface area (TPSA) is 109 Å². The van der Waals surface area contributed by atoms with Crippen molar-refractivity contribution in [1.29, 1.82) is 0 Å². The third-order valence-corrected chi connectivity index (χ3v) is 8.08. The van der Waals surface area contributed by atoms with Gasteiger partial charge in [0.1, 0.15) is 0 Å². The highest BCUT2D eigenvalue weighted by atomic mass is 32.2. The highest BCUT2D eigenvalue weighted by molar-refractivity contribution is 7.92. The quantitative estimate of drug-likeness (QED) is 0.593. The second kappa shape index (κ2) is 9.20. The average Bonchev–Trinajstić information content (AvgIpc) is 3.25. The summed E-state index contributed by atoms with van der Waals surface area (Å²) >= 11 is 1.30. The number of sulfonamides is 1. The van der Waals surface area contributed by atoms with Crippen molar-refractivity contribution in [3.63, 3.8) is 0 Å². The second-order valence-electron chi connectivity index (χ2n) is 7.32. The van der Waals surface area contributed by atoms with Crippen LogP contribution in [0.4, 0.5) is 15.6 Å². The summed E-state index contributed by atoms with van der Waals surface area (Å²) in [5, 5.41) is 3.18. The van der Waals surface area contributed by atoms with Gasteiger partial charge < -0.3 is 9.64 Å². The maximum Gasteiger partial charge on any atom is 0.409 e. The predicted molar refractivity (Wildman–Crippen MR) is 125 cm³/mol. The van der Waals surface area contributed by atoms with Crippen LogP contribution in [0.5, 0.6) is 0 Å². The first-order chi connectivity index (χ1) is 15.8. The first-order valence-electron chi connectivity index (χ1n) is 10.1. The Hall–Kier alpha value is -3.44. The van der Waals surface area contributed by atoms with Crippen LogP contribution in [-0.4, -0.2) is 51.0 Å². The third kappa shape index (κ3) is 4.69. The number of para-hydroxylation sites is 1. The summed E-state index contributed by atoms with van der Waals surface area (Å²) in [6, 6.07) is 14.5. The van der Waals surface area contributed by atoms with Gasteiger partial charge in [-0.15, -0.1) is 0 Å². The van der Waals surface area contributed by atoms with Crippen molar-refractivity contribution in [2.75, 3.05) is 30.3 Å². The zero-order chi connectivity index (χ0) is 23.6. The highest BCUT2D eigenvalue weighted by Crippen LogP contribution is 2.29. The van der Waals surface area contributed by atoms with Gasteiger partial charge in [-0.3, -0.25) is 14.4 Å². The number of hydrogen-bond donors (Lipinski definition) is 1. The zero-order valence-electron chi connectivity index (χ0n) is 18.0. The van der Waals surface area contributed by atoms with Crippen LogP contribution in [0.3, 0.4) is 0 Å². The Morgan fingerprint density at radius 2 is 1.82 bits per heavy atom. The summed E-state index contributed by atoms with van der Waals surface area (Å²) in [6.07, 6.45) is 0.186. The Kier molecular flexibility index (Phi) is 6.34. The van der Waals surface area contributed by atoms with E-state index < -0.39 is 22.0 Å². The van der Waals surface area contributed by atoms with Crippen molar-refractivity contribution < 1.29 is 22.7 Å². The van der Waals surface area contributed by atoms with E-state index in [4.69, 9.17) is 4.74 Å². The van der Waals surface area contributed by atoms with Crippen molar-refractivity contribution in [3.8, 4) is 0 Å². The first kappa shape index (κ1) is 22.7. The minimum Gasteiger partial charge on any atom is -0.453 e. The number of nitrogens with one attached hydrogen (secondary N) is 1. The zero-order valence-corrected chi connectivity index (χ0v) is 19.6. The number of anilines is 2. The number of carbonyl (C=O) groups is 2. The molecular formula is C22H22N4O5S2. The number of nitrogens with zero attached hydrogens (tertiary/aromatic N) is 3. The van der Waals surface area contributed by atoms with E-state index in [9.17, 15) is 18.0 Å². The van der Waals surface area contributed by atoms with Gasteiger partial charge in [0.25, 0.3) is 15.9 Å². The minimum absolute atomic E-state index is 0.0815. The largest absolute Gasteiger partial charge is 0.453 e. The van der Waals surface area contributed by atoms with E-state index in [1.54, 1.807) is 29.2 Å². The standard InChI is InChI=1S/C22H22N4O5S2/c1-25(16-6-4-3-5-7-16)33(29,30)17-10-8-15(9-11-17)20(27)24-21-23-18-12-13-26(22(28)31-2)14-19(18)32-21/h3-11H,12-14H2,1-2H3,(H,23,24,27). The number of hydrogen-bond acceptors (Lipinski definition) is 7. The summed E-state index contributed by atoms with van der Waals surface area (Å²) in [5.41, 5.74) is 1.69. The molecular weight excluding hydrogens is 464 g/mol. The van der Waals surface area contributed by atoms with Crippen LogP contribution in [0.25, 0.3) is 0 Å². The molecule has 33 heavy (non-hydrogen) atoms. The summed E-state index contributed by atoms with van der Waals surface area (Å²) < 4.78 is 31.7. The van der Waals surface area contributed by atoms with Gasteiger partial charge in [-0.05, 0) is 36.4 Å². The van der Waals surface area contributed by atoms with E-state index in [1.165, 1.54) is 54.1 Å². The maximum absolute atomic E-state index is 12.9. The number of benzene rings is 2. The van der Waals surface area contributed by atoms with Gasteiger partial charge in [0.15, 0.2) is 5.13 Å². The molecule has 172 valence electrons. The number of rotatable bonds is 5. The molecule has 0 fully saturated rings. The monoisotopic (exact) mass is 486 g/mol. The highest BCUT2D eigenvalue weighted by Gasteiger charge is 2.25. The Labute approximate surface area is 195 Å². The van der Waals surface area contributed by atoms with Crippen molar-refractivity contribution in [1.82, 2.24) is 9.88 Å². The fraction of sp³-hybridized carbons (Fsp3) is 0.227. The minimum atomic E-state index is -3.76. The number of carbonyl (C=O) groups excluding carboxylic acids is 2. The fourth-order valence-electron chi connectivity index (χ4n) is 3.42. The van der Waals surface area contributed by atoms with E-state index in [0.717, 1.165) is 10.6 Å². The molecule has 2 amide bonds. The summed E-state index contributed by atoms with van der Waals surface area (Å²) in [6.45, 7) is 0.890. The lowest BCUT2D eigenvalue weighted by Crippen LogP contribution is -2.35. The van der Waals surface area contributed by atoms with Crippen molar-refractivity contribution in [2.45, 2.75) is 17.9 Å². The number of fused-ring (bicyclic) bond motifs is 1. The molecule has 11 heteroatoms. The van der Waals surface area contributed by atoms with E-state index in [1.807, 2.05) is 6.07 Å². The van der Waals surface area contributed by atoms with Gasteiger partial charge in [-0.2, -0.15) is 0 Å². The van der Waals surface area contributed by atoms with Gasteiger partial charge in [-0.1, -0.05) is 29.5 Å². The predicted octanol–water partition coefficient (Wildman–Crippen LogP) is 3.35. The SMILES string of the molecule is COC(=O)N1CCc2nc(NC(=O)c3ccc(S(=O)(=O)N(C)c4ccccc4)cc3)sc2C1. The molecule has 0 aliphatic carbocycles. The van der Waals surface area contributed by atoms with Gasteiger partial charge in [0.2, 0.25) is 0 Å². The number of amides is 2. The van der Waals surface area contributed by atoms with E-state index in [-0.39, 0.29) is 4.90 Å². The molecule has 0 atom stereocenters. The molecule has 0 saturated carbocycles. The molecule has 0 saturated heterocycles. The van der Waals surface area contributed by atoms with Crippen molar-refractivity contribution >= 4 is 44.2 Å². The molecule has 2 heterocycles.